The lowest BCUT2D eigenvalue weighted by molar-refractivity contribution is 0.0569. The third kappa shape index (κ3) is 2.29. The molecule has 6 nitrogen and oxygen atoms in total. The van der Waals surface area contributed by atoms with Gasteiger partial charge in [0.2, 0.25) is 11.7 Å². The van der Waals surface area contributed by atoms with Crippen molar-refractivity contribution in [2.45, 2.75) is 5.92 Å². The summed E-state index contributed by atoms with van der Waals surface area (Å²) in [7, 11) is 0. The monoisotopic (exact) mass is 312 g/mol. The normalized spacial score (nSPS) is 14.8. The molecule has 1 amide bonds. The molecule has 1 fully saturated rings. The summed E-state index contributed by atoms with van der Waals surface area (Å²) in [5.74, 6) is 1.34. The number of thiophene rings is 1. The van der Waals surface area contributed by atoms with Crippen LogP contribution in [0.5, 0.6) is 0 Å². The molecule has 0 aliphatic carbocycles. The van der Waals surface area contributed by atoms with Gasteiger partial charge in [-0.15, -0.1) is 11.3 Å². The van der Waals surface area contributed by atoms with Gasteiger partial charge in [0.25, 0.3) is 5.91 Å². The second-order valence-electron chi connectivity index (χ2n) is 5.08. The van der Waals surface area contributed by atoms with Crippen LogP contribution in [0.1, 0.15) is 22.2 Å². The first kappa shape index (κ1) is 13.1. The average molecular weight is 312 g/mol. The number of hydrogen-bond donors (Lipinski definition) is 0. The van der Waals surface area contributed by atoms with Gasteiger partial charge in [-0.05, 0) is 23.6 Å². The number of carbonyl (C=O) groups is 1. The van der Waals surface area contributed by atoms with Gasteiger partial charge >= 0.3 is 0 Å². The summed E-state index contributed by atoms with van der Waals surface area (Å²) in [6.45, 7) is 1.21. The maximum Gasteiger partial charge on any atom is 0.254 e. The highest BCUT2D eigenvalue weighted by atomic mass is 32.1. The van der Waals surface area contributed by atoms with E-state index in [-0.39, 0.29) is 11.8 Å². The molecule has 4 rings (SSSR count). The number of aromatic nitrogens is 3. The number of carbonyl (C=O) groups excluding carboxylic acids is 1. The number of pyridine rings is 1. The molecule has 22 heavy (non-hydrogen) atoms. The summed E-state index contributed by atoms with van der Waals surface area (Å²) in [4.78, 5) is 23.3. The molecule has 0 aromatic carbocycles. The topological polar surface area (TPSA) is 72.1 Å². The van der Waals surface area contributed by atoms with Crippen LogP contribution < -0.4 is 0 Å². The Kier molecular flexibility index (Phi) is 3.19. The van der Waals surface area contributed by atoms with Crippen LogP contribution in [0, 0.1) is 0 Å². The quantitative estimate of drug-likeness (QED) is 0.742. The Morgan fingerprint density at radius 1 is 1.27 bits per heavy atom. The molecule has 1 aliphatic heterocycles. The van der Waals surface area contributed by atoms with Gasteiger partial charge in [-0.3, -0.25) is 9.78 Å². The summed E-state index contributed by atoms with van der Waals surface area (Å²) in [6, 6.07) is 7.35. The van der Waals surface area contributed by atoms with Gasteiger partial charge in [0.05, 0.1) is 10.8 Å². The second kappa shape index (κ2) is 5.34. The van der Waals surface area contributed by atoms with E-state index in [1.54, 1.807) is 40.8 Å². The Bertz CT molecular complexity index is 779. The zero-order valence-electron chi connectivity index (χ0n) is 11.5. The summed E-state index contributed by atoms with van der Waals surface area (Å²) in [5, 5.41) is 5.98. The summed E-state index contributed by atoms with van der Waals surface area (Å²) in [6.07, 6.45) is 3.24. The van der Waals surface area contributed by atoms with Crippen molar-refractivity contribution in [3.05, 3.63) is 53.5 Å². The molecule has 0 spiro atoms. The van der Waals surface area contributed by atoms with Gasteiger partial charge in [-0.2, -0.15) is 4.98 Å². The number of hydrogen-bond acceptors (Lipinski definition) is 6. The van der Waals surface area contributed by atoms with Crippen LogP contribution in [0.3, 0.4) is 0 Å². The highest BCUT2D eigenvalue weighted by Crippen LogP contribution is 2.29. The third-order valence-corrected chi connectivity index (χ3v) is 4.49. The molecule has 110 valence electrons. The Labute approximate surface area is 130 Å². The van der Waals surface area contributed by atoms with Gasteiger partial charge < -0.3 is 9.42 Å². The van der Waals surface area contributed by atoms with E-state index in [1.165, 1.54) is 0 Å². The van der Waals surface area contributed by atoms with Crippen molar-refractivity contribution in [2.75, 3.05) is 13.1 Å². The number of nitrogens with zero attached hydrogens (tertiary/aromatic N) is 4. The van der Waals surface area contributed by atoms with Crippen molar-refractivity contribution in [1.29, 1.82) is 0 Å². The highest BCUT2D eigenvalue weighted by molar-refractivity contribution is 7.13. The van der Waals surface area contributed by atoms with Crippen molar-refractivity contribution in [2.24, 2.45) is 0 Å². The minimum Gasteiger partial charge on any atom is -0.339 e. The third-order valence-electron chi connectivity index (χ3n) is 3.63. The van der Waals surface area contributed by atoms with E-state index in [1.807, 2.05) is 17.5 Å². The van der Waals surface area contributed by atoms with E-state index < -0.39 is 0 Å². The van der Waals surface area contributed by atoms with Gasteiger partial charge in [-0.25, -0.2) is 0 Å². The van der Waals surface area contributed by atoms with Crippen LogP contribution in [-0.2, 0) is 0 Å². The fourth-order valence-corrected chi connectivity index (χ4v) is 3.03. The van der Waals surface area contributed by atoms with E-state index in [2.05, 4.69) is 15.1 Å². The lowest BCUT2D eigenvalue weighted by Crippen LogP contribution is -2.48. The van der Waals surface area contributed by atoms with Crippen molar-refractivity contribution in [3.63, 3.8) is 0 Å². The van der Waals surface area contributed by atoms with Gasteiger partial charge in [-0.1, -0.05) is 11.2 Å². The van der Waals surface area contributed by atoms with E-state index >= 15 is 0 Å². The van der Waals surface area contributed by atoms with E-state index in [9.17, 15) is 4.79 Å². The SMILES string of the molecule is O=C(c1ccncc1)N1CC(c2nc(-c3cccs3)no2)C1. The Hall–Kier alpha value is -2.54. The van der Waals surface area contributed by atoms with Crippen molar-refractivity contribution >= 4 is 17.2 Å². The molecule has 0 N–H and O–H groups in total. The molecule has 0 bridgehead atoms. The molecule has 7 heteroatoms. The van der Waals surface area contributed by atoms with Crippen LogP contribution in [-0.4, -0.2) is 39.0 Å². The van der Waals surface area contributed by atoms with E-state index in [0.29, 0.717) is 30.4 Å². The average Bonchev–Trinajstić information content (AvgIpc) is 3.17. The maximum absolute atomic E-state index is 12.2. The van der Waals surface area contributed by atoms with E-state index in [0.717, 1.165) is 4.88 Å². The highest BCUT2D eigenvalue weighted by Gasteiger charge is 2.36. The van der Waals surface area contributed by atoms with Gasteiger partial charge in [0.1, 0.15) is 0 Å². The fourth-order valence-electron chi connectivity index (χ4n) is 2.38. The number of likely N-dealkylation sites (tertiary alicyclic amines) is 1. The lowest BCUT2D eigenvalue weighted by Gasteiger charge is -2.37. The van der Waals surface area contributed by atoms with Crippen LogP contribution in [0.2, 0.25) is 0 Å². The molecule has 0 atom stereocenters. The molecule has 1 aliphatic rings. The summed E-state index contributed by atoms with van der Waals surface area (Å²) >= 11 is 1.57. The van der Waals surface area contributed by atoms with Crippen LogP contribution in [0.25, 0.3) is 10.7 Å². The molecule has 0 radical (unpaired) electrons. The first-order valence-electron chi connectivity index (χ1n) is 6.88. The molecule has 0 saturated carbocycles. The molecule has 3 aromatic heterocycles. The van der Waals surface area contributed by atoms with E-state index in [4.69, 9.17) is 4.52 Å². The summed E-state index contributed by atoms with van der Waals surface area (Å²) in [5.41, 5.74) is 0.651. The number of amides is 1. The first-order chi connectivity index (χ1) is 10.8. The predicted molar refractivity (Wildman–Crippen MR) is 80.5 cm³/mol. The van der Waals surface area contributed by atoms with Crippen LogP contribution in [0.4, 0.5) is 0 Å². The zero-order chi connectivity index (χ0) is 14.9. The largest absolute Gasteiger partial charge is 0.339 e. The van der Waals surface area contributed by atoms with Gasteiger partial charge in [0.15, 0.2) is 0 Å². The molecular formula is C15H12N4O2S. The Morgan fingerprint density at radius 3 is 2.82 bits per heavy atom. The van der Waals surface area contributed by atoms with Crippen molar-refractivity contribution in [3.8, 4) is 10.7 Å². The second-order valence-corrected chi connectivity index (χ2v) is 6.02. The zero-order valence-corrected chi connectivity index (χ0v) is 12.4. The van der Waals surface area contributed by atoms with Gasteiger partial charge in [0, 0.05) is 31.0 Å². The minimum absolute atomic E-state index is 0.0108. The standard InChI is InChI=1S/C15H12N4O2S/c20-15(10-3-5-16-6-4-10)19-8-11(9-19)14-17-13(18-21-14)12-2-1-7-22-12/h1-7,11H,8-9H2. The molecule has 4 heterocycles. The Morgan fingerprint density at radius 2 is 2.09 bits per heavy atom. The number of rotatable bonds is 3. The fraction of sp³-hybridized carbons (Fsp3) is 0.200. The first-order valence-corrected chi connectivity index (χ1v) is 7.76. The molecular weight excluding hydrogens is 300 g/mol. The van der Waals surface area contributed by atoms with Crippen LogP contribution >= 0.6 is 11.3 Å². The smallest absolute Gasteiger partial charge is 0.254 e. The maximum atomic E-state index is 12.2. The van der Waals surface area contributed by atoms with Crippen LogP contribution in [0.15, 0.2) is 46.6 Å². The van der Waals surface area contributed by atoms with Crippen molar-refractivity contribution < 1.29 is 9.32 Å². The lowest BCUT2D eigenvalue weighted by atomic mass is 9.99. The molecule has 1 saturated heterocycles. The minimum atomic E-state index is 0.0108. The predicted octanol–water partition coefficient (Wildman–Crippen LogP) is 2.43. The van der Waals surface area contributed by atoms with Crippen molar-refractivity contribution in [1.82, 2.24) is 20.0 Å². The molecule has 0 unspecified atom stereocenters. The Balaban J connectivity index is 1.42. The summed E-state index contributed by atoms with van der Waals surface area (Å²) < 4.78 is 5.32. The molecule has 3 aromatic rings.